The normalized spacial score (nSPS) is 10.6. The average molecular weight is 440 g/mol. The molecule has 0 bridgehead atoms. The van der Waals surface area contributed by atoms with Gasteiger partial charge in [-0.1, -0.05) is 35.9 Å². The molecular weight excluding hydrogens is 422 g/mol. The number of hydrogen-bond donors (Lipinski definition) is 1. The van der Waals surface area contributed by atoms with Gasteiger partial charge in [-0.15, -0.1) is 0 Å². The van der Waals surface area contributed by atoms with Crippen molar-refractivity contribution < 1.29 is 19.2 Å². The summed E-state index contributed by atoms with van der Waals surface area (Å²) in [7, 11) is 0. The zero-order chi connectivity index (χ0) is 22.1. The molecule has 3 aromatic rings. The van der Waals surface area contributed by atoms with E-state index in [1.165, 1.54) is 18.3 Å². The largest absolute Gasteiger partial charge is 0.488 e. The maximum absolute atomic E-state index is 11.9. The molecule has 3 aromatic carbocycles. The first-order valence-electron chi connectivity index (χ1n) is 9.17. The predicted octanol–water partition coefficient (Wildman–Crippen LogP) is 4.36. The molecule has 0 aliphatic carbocycles. The molecule has 0 aliphatic rings. The van der Waals surface area contributed by atoms with E-state index in [0.29, 0.717) is 22.1 Å². The van der Waals surface area contributed by atoms with Crippen LogP contribution in [-0.2, 0) is 11.4 Å². The van der Waals surface area contributed by atoms with E-state index in [9.17, 15) is 14.9 Å². The maximum Gasteiger partial charge on any atom is 0.277 e. The van der Waals surface area contributed by atoms with Crippen molar-refractivity contribution in [3.63, 3.8) is 0 Å². The van der Waals surface area contributed by atoms with Crippen LogP contribution in [0.3, 0.4) is 0 Å². The van der Waals surface area contributed by atoms with Crippen LogP contribution < -0.4 is 14.9 Å². The number of nitro benzene ring substituents is 1. The van der Waals surface area contributed by atoms with Gasteiger partial charge in [0, 0.05) is 17.7 Å². The van der Waals surface area contributed by atoms with E-state index in [-0.39, 0.29) is 18.9 Å². The number of non-ortho nitro benzene ring substituents is 1. The highest BCUT2D eigenvalue weighted by Crippen LogP contribution is 2.23. The summed E-state index contributed by atoms with van der Waals surface area (Å²) in [6.07, 6.45) is 1.46. The smallest absolute Gasteiger partial charge is 0.277 e. The third kappa shape index (κ3) is 6.55. The van der Waals surface area contributed by atoms with Gasteiger partial charge < -0.3 is 9.47 Å². The van der Waals surface area contributed by atoms with E-state index in [1.807, 2.05) is 6.07 Å². The molecule has 3 rings (SSSR count). The molecule has 0 saturated heterocycles. The van der Waals surface area contributed by atoms with Crippen molar-refractivity contribution in [3.8, 4) is 11.5 Å². The minimum atomic E-state index is -0.454. The molecule has 1 N–H and O–H groups in total. The van der Waals surface area contributed by atoms with Gasteiger partial charge in [-0.25, -0.2) is 5.43 Å². The first kappa shape index (κ1) is 21.8. The Hall–Kier alpha value is -3.91. The summed E-state index contributed by atoms with van der Waals surface area (Å²) < 4.78 is 11.1. The van der Waals surface area contributed by atoms with Gasteiger partial charge in [0.05, 0.1) is 16.2 Å². The SMILES string of the molecule is O=C(COc1ccccc1Cl)N/N=C\c1ccccc1OCc1ccc([N+](=O)[O-])cc1. The third-order valence-electron chi connectivity index (χ3n) is 4.05. The molecule has 8 nitrogen and oxygen atoms in total. The van der Waals surface area contributed by atoms with Crippen LogP contribution in [0.2, 0.25) is 5.02 Å². The first-order valence-corrected chi connectivity index (χ1v) is 9.55. The van der Waals surface area contributed by atoms with Crippen molar-refractivity contribution in [1.29, 1.82) is 0 Å². The van der Waals surface area contributed by atoms with Crippen LogP contribution in [0.1, 0.15) is 11.1 Å². The van der Waals surface area contributed by atoms with Gasteiger partial charge in [0.25, 0.3) is 11.6 Å². The second kappa shape index (κ2) is 10.7. The Kier molecular flexibility index (Phi) is 7.56. The number of nitrogens with zero attached hydrogens (tertiary/aromatic N) is 2. The Morgan fingerprint density at radius 3 is 2.39 bits per heavy atom. The number of amides is 1. The lowest BCUT2D eigenvalue weighted by atomic mass is 10.2. The van der Waals surface area contributed by atoms with Gasteiger partial charge in [-0.05, 0) is 42.0 Å². The van der Waals surface area contributed by atoms with Crippen molar-refractivity contribution >= 4 is 29.4 Å². The van der Waals surface area contributed by atoms with Crippen molar-refractivity contribution in [3.05, 3.63) is 99.1 Å². The number of rotatable bonds is 9. The molecule has 158 valence electrons. The highest BCUT2D eigenvalue weighted by molar-refractivity contribution is 6.32. The molecular formula is C22H18ClN3O5. The quantitative estimate of drug-likeness (QED) is 0.303. The Morgan fingerprint density at radius 1 is 1.00 bits per heavy atom. The highest BCUT2D eigenvalue weighted by atomic mass is 35.5. The summed E-state index contributed by atoms with van der Waals surface area (Å²) in [5, 5.41) is 15.1. The Labute approximate surface area is 183 Å². The number of ether oxygens (including phenoxy) is 2. The molecule has 0 fully saturated rings. The summed E-state index contributed by atoms with van der Waals surface area (Å²) in [6, 6.07) is 20.1. The number of benzene rings is 3. The fourth-order valence-corrected chi connectivity index (χ4v) is 2.70. The van der Waals surface area contributed by atoms with Gasteiger partial charge in [-0.2, -0.15) is 5.10 Å². The van der Waals surface area contributed by atoms with E-state index < -0.39 is 10.8 Å². The fourth-order valence-electron chi connectivity index (χ4n) is 2.50. The number of carbonyl (C=O) groups excluding carboxylic acids is 1. The van der Waals surface area contributed by atoms with Crippen LogP contribution in [0.25, 0.3) is 0 Å². The summed E-state index contributed by atoms with van der Waals surface area (Å²) in [6.45, 7) is -0.0136. The van der Waals surface area contributed by atoms with Crippen LogP contribution >= 0.6 is 11.6 Å². The Balaban J connectivity index is 1.53. The molecule has 0 atom stereocenters. The lowest BCUT2D eigenvalue weighted by Crippen LogP contribution is -2.24. The maximum atomic E-state index is 11.9. The minimum absolute atomic E-state index is 0.0190. The van der Waals surface area contributed by atoms with E-state index >= 15 is 0 Å². The summed E-state index contributed by atoms with van der Waals surface area (Å²) in [5.41, 5.74) is 3.83. The molecule has 0 aromatic heterocycles. The average Bonchev–Trinajstić information content (AvgIpc) is 2.78. The molecule has 31 heavy (non-hydrogen) atoms. The fraction of sp³-hybridized carbons (Fsp3) is 0.0909. The first-order chi connectivity index (χ1) is 15.0. The van der Waals surface area contributed by atoms with Crippen LogP contribution in [-0.4, -0.2) is 23.7 Å². The van der Waals surface area contributed by atoms with Crippen molar-refractivity contribution in [1.82, 2.24) is 5.43 Å². The Morgan fingerprint density at radius 2 is 1.68 bits per heavy atom. The van der Waals surface area contributed by atoms with Crippen LogP contribution in [0.5, 0.6) is 11.5 Å². The zero-order valence-electron chi connectivity index (χ0n) is 16.2. The van der Waals surface area contributed by atoms with Crippen molar-refractivity contribution in [2.24, 2.45) is 5.10 Å². The number of halogens is 1. The predicted molar refractivity (Wildman–Crippen MR) is 117 cm³/mol. The number of carbonyl (C=O) groups is 1. The number of hydrogen-bond acceptors (Lipinski definition) is 6. The standard InChI is InChI=1S/C22H18ClN3O5/c23-19-6-2-4-8-21(19)31-15-22(27)25-24-13-17-5-1-3-7-20(17)30-14-16-9-11-18(12-10-16)26(28)29/h1-13H,14-15H2,(H,25,27)/b24-13-. The van der Waals surface area contributed by atoms with Gasteiger partial charge in [0.1, 0.15) is 18.1 Å². The molecule has 9 heteroatoms. The van der Waals surface area contributed by atoms with Crippen LogP contribution in [0.4, 0.5) is 5.69 Å². The number of hydrazone groups is 1. The van der Waals surface area contributed by atoms with Gasteiger partial charge in [0.2, 0.25) is 0 Å². The summed E-state index contributed by atoms with van der Waals surface area (Å²) in [5.74, 6) is 0.514. The summed E-state index contributed by atoms with van der Waals surface area (Å²) >= 11 is 5.97. The monoisotopic (exact) mass is 439 g/mol. The number of para-hydroxylation sites is 2. The van der Waals surface area contributed by atoms with E-state index in [0.717, 1.165) is 5.56 Å². The van der Waals surface area contributed by atoms with E-state index in [1.54, 1.807) is 54.6 Å². The van der Waals surface area contributed by atoms with Crippen LogP contribution in [0, 0.1) is 10.1 Å². The third-order valence-corrected chi connectivity index (χ3v) is 4.36. The van der Waals surface area contributed by atoms with Gasteiger partial charge >= 0.3 is 0 Å². The topological polar surface area (TPSA) is 103 Å². The second-order valence-electron chi connectivity index (χ2n) is 6.26. The lowest BCUT2D eigenvalue weighted by Gasteiger charge is -2.09. The Bertz CT molecular complexity index is 1090. The molecule has 0 heterocycles. The minimum Gasteiger partial charge on any atom is -0.488 e. The van der Waals surface area contributed by atoms with E-state index in [4.69, 9.17) is 21.1 Å². The highest BCUT2D eigenvalue weighted by Gasteiger charge is 2.07. The molecule has 0 unspecified atom stereocenters. The molecule has 0 aliphatic heterocycles. The zero-order valence-corrected chi connectivity index (χ0v) is 17.0. The van der Waals surface area contributed by atoms with Crippen LogP contribution in [0.15, 0.2) is 77.9 Å². The molecule has 0 saturated carbocycles. The molecule has 0 radical (unpaired) electrons. The molecule has 1 amide bonds. The molecule has 0 spiro atoms. The number of nitrogens with one attached hydrogen (secondary N) is 1. The second-order valence-corrected chi connectivity index (χ2v) is 6.67. The van der Waals surface area contributed by atoms with Crippen molar-refractivity contribution in [2.75, 3.05) is 6.61 Å². The van der Waals surface area contributed by atoms with Crippen molar-refractivity contribution in [2.45, 2.75) is 6.61 Å². The van der Waals surface area contributed by atoms with Gasteiger partial charge in [-0.3, -0.25) is 14.9 Å². The lowest BCUT2D eigenvalue weighted by molar-refractivity contribution is -0.384. The van der Waals surface area contributed by atoms with E-state index in [2.05, 4.69) is 10.5 Å². The number of nitro groups is 1. The van der Waals surface area contributed by atoms with Gasteiger partial charge in [0.15, 0.2) is 6.61 Å². The summed E-state index contributed by atoms with van der Waals surface area (Å²) in [4.78, 5) is 22.2.